The topological polar surface area (TPSA) is 18.5 Å². The van der Waals surface area contributed by atoms with E-state index in [0.29, 0.717) is 6.04 Å². The minimum absolute atomic E-state index is 0.619. The summed E-state index contributed by atoms with van der Waals surface area (Å²) in [5.74, 6) is 0. The lowest BCUT2D eigenvalue weighted by atomic mass is 10.1. The van der Waals surface area contributed by atoms with Gasteiger partial charge in [0.15, 0.2) is 0 Å². The molecule has 0 aromatic heterocycles. The van der Waals surface area contributed by atoms with Crippen LogP contribution >= 0.6 is 0 Å². The summed E-state index contributed by atoms with van der Waals surface area (Å²) in [5.41, 5.74) is 0. The lowest BCUT2D eigenvalue weighted by molar-refractivity contribution is 0.0940. The van der Waals surface area contributed by atoms with Gasteiger partial charge in [0.25, 0.3) is 0 Å². The van der Waals surface area contributed by atoms with E-state index in [1.165, 1.54) is 45.4 Å². The van der Waals surface area contributed by atoms with E-state index in [0.717, 1.165) is 18.6 Å². The maximum absolute atomic E-state index is 3.52. The molecule has 1 aliphatic carbocycles. The van der Waals surface area contributed by atoms with Gasteiger partial charge in [-0.3, -0.25) is 9.80 Å². The highest BCUT2D eigenvalue weighted by Gasteiger charge is 2.31. The second kappa shape index (κ2) is 6.17. The summed E-state index contributed by atoms with van der Waals surface area (Å²) >= 11 is 0. The van der Waals surface area contributed by atoms with Crippen LogP contribution in [-0.2, 0) is 0 Å². The van der Waals surface area contributed by atoms with Gasteiger partial charge in [-0.15, -0.1) is 0 Å². The van der Waals surface area contributed by atoms with Gasteiger partial charge in [-0.05, 0) is 32.7 Å². The quantitative estimate of drug-likeness (QED) is 0.758. The third-order valence-electron chi connectivity index (χ3n) is 4.15. The molecule has 2 rings (SSSR count). The van der Waals surface area contributed by atoms with Crippen LogP contribution in [0.3, 0.4) is 0 Å². The Morgan fingerprint density at radius 2 is 1.71 bits per heavy atom. The lowest BCUT2D eigenvalue weighted by Gasteiger charge is -2.38. The van der Waals surface area contributed by atoms with Gasteiger partial charge in [-0.1, -0.05) is 13.8 Å². The van der Waals surface area contributed by atoms with E-state index >= 15 is 0 Å². The van der Waals surface area contributed by atoms with Crippen molar-refractivity contribution in [3.8, 4) is 0 Å². The summed E-state index contributed by atoms with van der Waals surface area (Å²) < 4.78 is 0. The number of piperazine rings is 1. The molecule has 0 radical (unpaired) electrons. The number of nitrogens with one attached hydrogen (secondary N) is 1. The summed E-state index contributed by atoms with van der Waals surface area (Å²) in [4.78, 5) is 5.36. The van der Waals surface area contributed by atoms with Crippen LogP contribution < -0.4 is 5.32 Å². The molecule has 3 heteroatoms. The zero-order valence-corrected chi connectivity index (χ0v) is 11.8. The summed E-state index contributed by atoms with van der Waals surface area (Å²) in [6.07, 6.45) is 4.18. The molecule has 3 nitrogen and oxygen atoms in total. The SMILES string of the molecule is CC(C)NCCC(C)N1CCN(C2CC2)CC1. The first-order chi connectivity index (χ1) is 8.16. The third-order valence-corrected chi connectivity index (χ3v) is 4.15. The second-order valence-electron chi connectivity index (χ2n) is 6.05. The summed E-state index contributed by atoms with van der Waals surface area (Å²) in [5, 5.41) is 3.52. The molecule has 0 aromatic carbocycles. The predicted molar refractivity (Wildman–Crippen MR) is 73.4 cm³/mol. The number of nitrogens with zero attached hydrogens (tertiary/aromatic N) is 2. The molecule has 100 valence electrons. The molecule has 1 heterocycles. The highest BCUT2D eigenvalue weighted by molar-refractivity contribution is 4.88. The van der Waals surface area contributed by atoms with Crippen molar-refractivity contribution in [2.75, 3.05) is 32.7 Å². The van der Waals surface area contributed by atoms with Crippen molar-refractivity contribution in [2.24, 2.45) is 0 Å². The van der Waals surface area contributed by atoms with Crippen molar-refractivity contribution in [2.45, 2.75) is 58.2 Å². The first-order valence-electron chi connectivity index (χ1n) is 7.38. The van der Waals surface area contributed by atoms with E-state index in [1.54, 1.807) is 0 Å². The van der Waals surface area contributed by atoms with Crippen LogP contribution in [0, 0.1) is 0 Å². The zero-order valence-electron chi connectivity index (χ0n) is 11.8. The smallest absolute Gasteiger partial charge is 0.0113 e. The van der Waals surface area contributed by atoms with Crippen molar-refractivity contribution in [1.82, 2.24) is 15.1 Å². The molecule has 1 unspecified atom stereocenters. The Kier molecular flexibility index (Phi) is 4.83. The Morgan fingerprint density at radius 3 is 2.24 bits per heavy atom. The Morgan fingerprint density at radius 1 is 1.06 bits per heavy atom. The largest absolute Gasteiger partial charge is 0.314 e. The molecule has 0 spiro atoms. The van der Waals surface area contributed by atoms with Crippen LogP contribution in [-0.4, -0.2) is 60.6 Å². The van der Waals surface area contributed by atoms with Crippen molar-refractivity contribution in [3.05, 3.63) is 0 Å². The number of rotatable bonds is 6. The maximum atomic E-state index is 3.52. The van der Waals surface area contributed by atoms with Crippen LogP contribution in [0.4, 0.5) is 0 Å². The molecule has 1 N–H and O–H groups in total. The van der Waals surface area contributed by atoms with Gasteiger partial charge in [-0.2, -0.15) is 0 Å². The molecule has 17 heavy (non-hydrogen) atoms. The van der Waals surface area contributed by atoms with E-state index < -0.39 is 0 Å². The Bertz CT molecular complexity index is 218. The van der Waals surface area contributed by atoms with Gasteiger partial charge in [0.2, 0.25) is 0 Å². The Balaban J connectivity index is 1.61. The summed E-state index contributed by atoms with van der Waals surface area (Å²) in [7, 11) is 0. The van der Waals surface area contributed by atoms with Crippen molar-refractivity contribution in [3.63, 3.8) is 0 Å². The highest BCUT2D eigenvalue weighted by atomic mass is 15.3. The molecule has 1 saturated carbocycles. The average molecular weight is 239 g/mol. The van der Waals surface area contributed by atoms with E-state index in [2.05, 4.69) is 35.9 Å². The summed E-state index contributed by atoms with van der Waals surface area (Å²) in [6, 6.07) is 2.31. The first-order valence-corrected chi connectivity index (χ1v) is 7.38. The number of hydrogen-bond acceptors (Lipinski definition) is 3. The molecule has 1 atom stereocenters. The Labute approximate surface area is 107 Å². The fraction of sp³-hybridized carbons (Fsp3) is 1.00. The lowest BCUT2D eigenvalue weighted by Crippen LogP contribution is -2.50. The van der Waals surface area contributed by atoms with Crippen molar-refractivity contribution in [1.29, 1.82) is 0 Å². The average Bonchev–Trinajstić information content (AvgIpc) is 3.12. The maximum Gasteiger partial charge on any atom is 0.0113 e. The molecule has 2 aliphatic rings. The van der Waals surface area contributed by atoms with Gasteiger partial charge in [0.05, 0.1) is 0 Å². The van der Waals surface area contributed by atoms with Gasteiger partial charge in [-0.25, -0.2) is 0 Å². The van der Waals surface area contributed by atoms with Crippen molar-refractivity contribution < 1.29 is 0 Å². The van der Waals surface area contributed by atoms with Crippen molar-refractivity contribution >= 4 is 0 Å². The molecule has 1 aliphatic heterocycles. The van der Waals surface area contributed by atoms with Crippen LogP contribution in [0.25, 0.3) is 0 Å². The van der Waals surface area contributed by atoms with E-state index in [4.69, 9.17) is 0 Å². The van der Waals surface area contributed by atoms with Gasteiger partial charge >= 0.3 is 0 Å². The first kappa shape index (κ1) is 13.3. The third kappa shape index (κ3) is 4.23. The molecule has 0 bridgehead atoms. The molecular weight excluding hydrogens is 210 g/mol. The molecule has 1 saturated heterocycles. The molecule has 0 aromatic rings. The zero-order chi connectivity index (χ0) is 12.3. The van der Waals surface area contributed by atoms with Crippen LogP contribution in [0.1, 0.15) is 40.0 Å². The number of hydrogen-bond donors (Lipinski definition) is 1. The highest BCUT2D eigenvalue weighted by Crippen LogP contribution is 2.27. The van der Waals surface area contributed by atoms with Crippen LogP contribution in [0.15, 0.2) is 0 Å². The van der Waals surface area contributed by atoms with Crippen LogP contribution in [0.5, 0.6) is 0 Å². The minimum atomic E-state index is 0.619. The molecular formula is C14H29N3. The monoisotopic (exact) mass is 239 g/mol. The second-order valence-corrected chi connectivity index (χ2v) is 6.05. The Hall–Kier alpha value is -0.120. The predicted octanol–water partition coefficient (Wildman–Crippen LogP) is 1.54. The van der Waals surface area contributed by atoms with E-state index in [1.807, 2.05) is 0 Å². The van der Waals surface area contributed by atoms with Gasteiger partial charge in [0.1, 0.15) is 0 Å². The van der Waals surface area contributed by atoms with Gasteiger partial charge < -0.3 is 5.32 Å². The van der Waals surface area contributed by atoms with E-state index in [9.17, 15) is 0 Å². The summed E-state index contributed by atoms with van der Waals surface area (Å²) in [6.45, 7) is 13.1. The molecule has 2 fully saturated rings. The fourth-order valence-electron chi connectivity index (χ4n) is 2.75. The fourth-order valence-corrected chi connectivity index (χ4v) is 2.75. The van der Waals surface area contributed by atoms with Crippen LogP contribution in [0.2, 0.25) is 0 Å². The standard InChI is InChI=1S/C14H29N3/c1-12(2)15-7-6-13(3)16-8-10-17(11-9-16)14-4-5-14/h12-15H,4-11H2,1-3H3. The van der Waals surface area contributed by atoms with E-state index in [-0.39, 0.29) is 0 Å². The molecule has 0 amide bonds. The normalized spacial score (nSPS) is 25.4. The minimum Gasteiger partial charge on any atom is -0.314 e. The van der Waals surface area contributed by atoms with Gasteiger partial charge in [0, 0.05) is 44.3 Å².